The van der Waals surface area contributed by atoms with Crippen molar-refractivity contribution < 1.29 is 9.53 Å². The third-order valence-corrected chi connectivity index (χ3v) is 2.62. The minimum absolute atomic E-state index is 0.151. The molecule has 2 heterocycles. The Morgan fingerprint density at radius 3 is 2.77 bits per heavy atom. The maximum Gasteiger partial charge on any atom is 0.238 e. The summed E-state index contributed by atoms with van der Waals surface area (Å²) < 4.78 is 5.16. The molecular weight excluding hydrogens is 168 g/mol. The highest BCUT2D eigenvalue weighted by Gasteiger charge is 2.50. The molecule has 1 N–H and O–H groups in total. The van der Waals surface area contributed by atoms with E-state index in [9.17, 15) is 4.79 Å². The second-order valence-corrected chi connectivity index (χ2v) is 4.28. The van der Waals surface area contributed by atoms with Crippen molar-refractivity contribution in [3.05, 3.63) is 0 Å². The van der Waals surface area contributed by atoms with E-state index < -0.39 is 0 Å². The van der Waals surface area contributed by atoms with E-state index in [0.29, 0.717) is 25.7 Å². The van der Waals surface area contributed by atoms with Crippen molar-refractivity contribution in [1.29, 1.82) is 0 Å². The number of carbonyl (C=O) groups excluding carboxylic acids is 1. The summed E-state index contributed by atoms with van der Waals surface area (Å²) in [4.78, 5) is 13.5. The summed E-state index contributed by atoms with van der Waals surface area (Å²) in [6, 6.07) is 0. The smallest absolute Gasteiger partial charge is 0.238 e. The first kappa shape index (κ1) is 8.97. The molecule has 2 aliphatic rings. The fourth-order valence-electron chi connectivity index (χ4n) is 1.86. The van der Waals surface area contributed by atoms with Gasteiger partial charge >= 0.3 is 0 Å². The average molecular weight is 184 g/mol. The first-order valence-electron chi connectivity index (χ1n) is 4.77. The molecule has 0 radical (unpaired) electrons. The van der Waals surface area contributed by atoms with E-state index in [0.717, 1.165) is 6.54 Å². The van der Waals surface area contributed by atoms with Crippen LogP contribution in [0, 0.1) is 5.92 Å². The Balaban J connectivity index is 2.07. The van der Waals surface area contributed by atoms with E-state index in [4.69, 9.17) is 4.74 Å². The van der Waals surface area contributed by atoms with Gasteiger partial charge in [-0.1, -0.05) is 13.8 Å². The normalized spacial score (nSPS) is 25.8. The zero-order chi connectivity index (χ0) is 9.47. The van der Waals surface area contributed by atoms with Crippen LogP contribution in [-0.4, -0.2) is 42.8 Å². The number of rotatable bonds is 2. The Bertz CT molecular complexity index is 224. The topological polar surface area (TPSA) is 41.6 Å². The van der Waals surface area contributed by atoms with Crippen LogP contribution in [0.25, 0.3) is 0 Å². The lowest BCUT2D eigenvalue weighted by Crippen LogP contribution is -2.66. The van der Waals surface area contributed by atoms with E-state index in [2.05, 4.69) is 19.2 Å². The third-order valence-electron chi connectivity index (χ3n) is 2.62. The molecule has 2 rings (SSSR count). The Hall–Kier alpha value is -0.610. The molecule has 74 valence electrons. The van der Waals surface area contributed by atoms with Crippen LogP contribution in [0.2, 0.25) is 0 Å². The van der Waals surface area contributed by atoms with Crippen LogP contribution in [-0.2, 0) is 9.53 Å². The van der Waals surface area contributed by atoms with Crippen molar-refractivity contribution in [2.45, 2.75) is 19.5 Å². The van der Waals surface area contributed by atoms with E-state index in [1.807, 2.05) is 4.90 Å². The highest BCUT2D eigenvalue weighted by molar-refractivity contribution is 5.81. The zero-order valence-electron chi connectivity index (χ0n) is 8.17. The molecule has 1 amide bonds. The molecule has 2 aliphatic heterocycles. The van der Waals surface area contributed by atoms with Gasteiger partial charge in [-0.05, 0) is 5.92 Å². The molecule has 2 saturated heterocycles. The number of carbonyl (C=O) groups is 1. The second-order valence-electron chi connectivity index (χ2n) is 4.28. The van der Waals surface area contributed by atoms with E-state index in [1.54, 1.807) is 0 Å². The van der Waals surface area contributed by atoms with E-state index >= 15 is 0 Å². The quantitative estimate of drug-likeness (QED) is 0.646. The van der Waals surface area contributed by atoms with Gasteiger partial charge in [0, 0.05) is 6.54 Å². The predicted octanol–water partition coefficient (Wildman–Crippen LogP) is -0.199. The van der Waals surface area contributed by atoms with Gasteiger partial charge in [0.15, 0.2) is 0 Å². The number of nitrogens with zero attached hydrogens (tertiary/aromatic N) is 1. The molecule has 1 spiro atoms. The Morgan fingerprint density at radius 1 is 1.62 bits per heavy atom. The van der Waals surface area contributed by atoms with Gasteiger partial charge in [-0.15, -0.1) is 0 Å². The van der Waals surface area contributed by atoms with Crippen molar-refractivity contribution in [2.24, 2.45) is 5.92 Å². The van der Waals surface area contributed by atoms with E-state index in [-0.39, 0.29) is 11.6 Å². The van der Waals surface area contributed by atoms with Crippen LogP contribution in [0.1, 0.15) is 13.8 Å². The molecule has 0 aromatic rings. The molecule has 4 nitrogen and oxygen atoms in total. The van der Waals surface area contributed by atoms with Crippen LogP contribution >= 0.6 is 0 Å². The molecule has 2 fully saturated rings. The number of nitrogens with one attached hydrogen (secondary N) is 1. The average Bonchev–Trinajstić information content (AvgIpc) is 2.27. The molecular formula is C9H16N2O2. The van der Waals surface area contributed by atoms with Gasteiger partial charge in [0.2, 0.25) is 5.91 Å². The molecule has 0 aromatic heterocycles. The van der Waals surface area contributed by atoms with Gasteiger partial charge in [-0.3, -0.25) is 10.1 Å². The largest absolute Gasteiger partial charge is 0.374 e. The monoisotopic (exact) mass is 184 g/mol. The molecule has 0 atom stereocenters. The third kappa shape index (κ3) is 1.34. The van der Waals surface area contributed by atoms with Crippen molar-refractivity contribution in [1.82, 2.24) is 10.2 Å². The Kier molecular flexibility index (Phi) is 2.04. The van der Waals surface area contributed by atoms with Crippen LogP contribution in [0.15, 0.2) is 0 Å². The number of ether oxygens (including phenoxy) is 1. The standard InChI is InChI=1S/C9H16N2O2/c1-7(2)4-11-8(12)3-10-9(11)5-13-6-9/h7,10H,3-6H2,1-2H3. The van der Waals surface area contributed by atoms with Crippen LogP contribution in [0.4, 0.5) is 0 Å². The molecule has 0 aromatic carbocycles. The lowest BCUT2D eigenvalue weighted by molar-refractivity contribution is -0.158. The van der Waals surface area contributed by atoms with Gasteiger partial charge in [-0.25, -0.2) is 0 Å². The minimum Gasteiger partial charge on any atom is -0.374 e. The van der Waals surface area contributed by atoms with Crippen molar-refractivity contribution in [3.63, 3.8) is 0 Å². The highest BCUT2D eigenvalue weighted by atomic mass is 16.5. The zero-order valence-corrected chi connectivity index (χ0v) is 8.17. The number of hydrogen-bond acceptors (Lipinski definition) is 3. The lowest BCUT2D eigenvalue weighted by atomic mass is 10.1. The highest BCUT2D eigenvalue weighted by Crippen LogP contribution is 2.27. The van der Waals surface area contributed by atoms with E-state index in [1.165, 1.54) is 0 Å². The van der Waals surface area contributed by atoms with Crippen molar-refractivity contribution in [3.8, 4) is 0 Å². The maximum atomic E-state index is 11.5. The van der Waals surface area contributed by atoms with Gasteiger partial charge in [0.25, 0.3) is 0 Å². The van der Waals surface area contributed by atoms with Crippen LogP contribution < -0.4 is 5.32 Å². The first-order valence-corrected chi connectivity index (χ1v) is 4.77. The SMILES string of the molecule is CC(C)CN1C(=O)CNC12COC2. The molecule has 4 heteroatoms. The summed E-state index contributed by atoms with van der Waals surface area (Å²) in [5.74, 6) is 0.721. The predicted molar refractivity (Wildman–Crippen MR) is 48.1 cm³/mol. The molecule has 13 heavy (non-hydrogen) atoms. The minimum atomic E-state index is -0.151. The maximum absolute atomic E-state index is 11.5. The second kappa shape index (κ2) is 2.96. The fraction of sp³-hybridized carbons (Fsp3) is 0.889. The van der Waals surface area contributed by atoms with Crippen LogP contribution in [0.3, 0.4) is 0 Å². The summed E-state index contributed by atoms with van der Waals surface area (Å²) in [7, 11) is 0. The summed E-state index contributed by atoms with van der Waals surface area (Å²) in [6.45, 7) is 6.83. The van der Waals surface area contributed by atoms with Gasteiger partial charge in [0.05, 0.1) is 19.8 Å². The number of hydrogen-bond donors (Lipinski definition) is 1. The summed E-state index contributed by atoms with van der Waals surface area (Å²) in [6.07, 6.45) is 0. The van der Waals surface area contributed by atoms with Gasteiger partial charge in [-0.2, -0.15) is 0 Å². The molecule has 0 aliphatic carbocycles. The number of amides is 1. The summed E-state index contributed by atoms with van der Waals surface area (Å²) in [5, 5.41) is 3.23. The lowest BCUT2D eigenvalue weighted by Gasteiger charge is -2.45. The summed E-state index contributed by atoms with van der Waals surface area (Å²) >= 11 is 0. The van der Waals surface area contributed by atoms with Crippen molar-refractivity contribution in [2.75, 3.05) is 26.3 Å². The molecule has 0 unspecified atom stereocenters. The van der Waals surface area contributed by atoms with Crippen molar-refractivity contribution >= 4 is 5.91 Å². The molecule has 0 bridgehead atoms. The van der Waals surface area contributed by atoms with Gasteiger partial charge < -0.3 is 9.64 Å². The van der Waals surface area contributed by atoms with Crippen LogP contribution in [0.5, 0.6) is 0 Å². The molecule has 0 saturated carbocycles. The Morgan fingerprint density at radius 2 is 2.31 bits per heavy atom. The Labute approximate surface area is 78.2 Å². The van der Waals surface area contributed by atoms with Gasteiger partial charge in [0.1, 0.15) is 5.66 Å². The first-order chi connectivity index (χ1) is 6.14. The fourth-order valence-corrected chi connectivity index (χ4v) is 1.86. The summed E-state index contributed by atoms with van der Waals surface area (Å²) in [5.41, 5.74) is -0.151.